The summed E-state index contributed by atoms with van der Waals surface area (Å²) in [6.07, 6.45) is 6.65. The summed E-state index contributed by atoms with van der Waals surface area (Å²) in [5.41, 5.74) is 1.22. The van der Waals surface area contributed by atoms with Crippen LogP contribution < -0.4 is 0 Å². The van der Waals surface area contributed by atoms with E-state index in [1.807, 2.05) is 11.8 Å². The van der Waals surface area contributed by atoms with Gasteiger partial charge in [-0.25, -0.2) is 0 Å². The molecular weight excluding hydrogens is 208 g/mol. The Morgan fingerprint density at radius 3 is 2.43 bits per heavy atom. The SMILES string of the molecule is CSCSC1CC2CCC1(C)C2(C)C. The second-order valence-electron chi connectivity index (χ2n) is 5.67. The third kappa shape index (κ3) is 1.36. The molecule has 82 valence electrons. The summed E-state index contributed by atoms with van der Waals surface area (Å²) >= 11 is 4.19. The lowest BCUT2D eigenvalue weighted by Gasteiger charge is -2.38. The summed E-state index contributed by atoms with van der Waals surface area (Å²) in [6, 6.07) is 0. The topological polar surface area (TPSA) is 0 Å². The number of hydrogen-bond acceptors (Lipinski definition) is 2. The zero-order valence-corrected chi connectivity index (χ0v) is 11.4. The second kappa shape index (κ2) is 3.62. The van der Waals surface area contributed by atoms with Gasteiger partial charge < -0.3 is 0 Å². The molecule has 2 aliphatic carbocycles. The summed E-state index contributed by atoms with van der Waals surface area (Å²) < 4.78 is 0. The first-order chi connectivity index (χ1) is 6.52. The zero-order valence-electron chi connectivity index (χ0n) is 9.80. The molecule has 0 spiro atoms. The molecule has 2 bridgehead atoms. The highest BCUT2D eigenvalue weighted by molar-refractivity contribution is 8.15. The molecular formula is C12H22S2. The van der Waals surface area contributed by atoms with Gasteiger partial charge in [0.15, 0.2) is 0 Å². The molecule has 2 heteroatoms. The summed E-state index contributed by atoms with van der Waals surface area (Å²) in [7, 11) is 0. The van der Waals surface area contributed by atoms with Gasteiger partial charge in [-0.15, -0.1) is 11.8 Å². The molecule has 14 heavy (non-hydrogen) atoms. The highest BCUT2D eigenvalue weighted by Gasteiger charge is 2.61. The number of rotatable bonds is 3. The van der Waals surface area contributed by atoms with Gasteiger partial charge in [0, 0.05) is 10.3 Å². The summed E-state index contributed by atoms with van der Waals surface area (Å²) in [6.45, 7) is 7.55. The highest BCUT2D eigenvalue weighted by atomic mass is 32.2. The third-order valence-corrected chi connectivity index (χ3v) is 7.70. The van der Waals surface area contributed by atoms with E-state index in [0.717, 1.165) is 11.2 Å². The van der Waals surface area contributed by atoms with Gasteiger partial charge in [-0.05, 0) is 42.3 Å². The molecule has 0 nitrogen and oxygen atoms in total. The van der Waals surface area contributed by atoms with Crippen molar-refractivity contribution >= 4 is 23.5 Å². The van der Waals surface area contributed by atoms with Crippen LogP contribution in [0.1, 0.15) is 40.0 Å². The van der Waals surface area contributed by atoms with Crippen molar-refractivity contribution in [2.24, 2.45) is 16.7 Å². The van der Waals surface area contributed by atoms with Crippen LogP contribution in [0.2, 0.25) is 0 Å². The minimum atomic E-state index is 0.600. The van der Waals surface area contributed by atoms with E-state index >= 15 is 0 Å². The van der Waals surface area contributed by atoms with E-state index in [1.165, 1.54) is 24.3 Å². The van der Waals surface area contributed by atoms with Gasteiger partial charge in [-0.2, -0.15) is 11.8 Å². The number of fused-ring (bicyclic) bond motifs is 2. The Bertz CT molecular complexity index is 224. The molecule has 2 saturated carbocycles. The Labute approximate surface area is 97.0 Å². The standard InChI is InChI=1S/C12H22S2/c1-11(2)9-5-6-12(11,3)10(7-9)14-8-13-4/h9-10H,5-8H2,1-4H3. The van der Waals surface area contributed by atoms with Crippen LogP contribution in [0.5, 0.6) is 0 Å². The molecule has 3 unspecified atom stereocenters. The molecule has 0 radical (unpaired) electrons. The van der Waals surface area contributed by atoms with Crippen LogP contribution in [0.15, 0.2) is 0 Å². The van der Waals surface area contributed by atoms with Crippen LogP contribution in [0.25, 0.3) is 0 Å². The molecule has 0 saturated heterocycles. The molecule has 0 heterocycles. The van der Waals surface area contributed by atoms with Crippen LogP contribution >= 0.6 is 23.5 Å². The zero-order chi connectivity index (χ0) is 10.4. The van der Waals surface area contributed by atoms with Crippen LogP contribution in [0, 0.1) is 16.7 Å². The predicted molar refractivity (Wildman–Crippen MR) is 69.0 cm³/mol. The van der Waals surface area contributed by atoms with Gasteiger partial charge in [-0.1, -0.05) is 20.8 Å². The minimum absolute atomic E-state index is 0.600. The van der Waals surface area contributed by atoms with Gasteiger partial charge in [-0.3, -0.25) is 0 Å². The van der Waals surface area contributed by atoms with Crippen molar-refractivity contribution in [1.29, 1.82) is 0 Å². The van der Waals surface area contributed by atoms with Crippen molar-refractivity contribution in [3.05, 3.63) is 0 Å². The Morgan fingerprint density at radius 2 is 2.00 bits per heavy atom. The normalized spacial score (nSPS) is 44.6. The van der Waals surface area contributed by atoms with E-state index < -0.39 is 0 Å². The summed E-state index contributed by atoms with van der Waals surface area (Å²) in [4.78, 5) is 0. The maximum Gasteiger partial charge on any atom is 0.0392 e. The van der Waals surface area contributed by atoms with Crippen LogP contribution in [0.4, 0.5) is 0 Å². The van der Waals surface area contributed by atoms with Crippen molar-refractivity contribution in [2.45, 2.75) is 45.3 Å². The van der Waals surface area contributed by atoms with Crippen molar-refractivity contribution in [2.75, 3.05) is 11.3 Å². The summed E-state index contributed by atoms with van der Waals surface area (Å²) in [5, 5.41) is 2.21. The van der Waals surface area contributed by atoms with Gasteiger partial charge in [0.1, 0.15) is 0 Å². The van der Waals surface area contributed by atoms with E-state index in [2.05, 4.69) is 38.8 Å². The van der Waals surface area contributed by atoms with Crippen molar-refractivity contribution in [3.8, 4) is 0 Å². The Kier molecular flexibility index (Phi) is 2.90. The van der Waals surface area contributed by atoms with E-state index in [1.54, 1.807) is 0 Å². The molecule has 0 aromatic rings. The Morgan fingerprint density at radius 1 is 1.29 bits per heavy atom. The second-order valence-corrected chi connectivity index (χ2v) is 8.09. The van der Waals surface area contributed by atoms with Crippen LogP contribution in [-0.4, -0.2) is 16.6 Å². The van der Waals surface area contributed by atoms with E-state index in [0.29, 0.717) is 10.8 Å². The fraction of sp³-hybridized carbons (Fsp3) is 1.00. The van der Waals surface area contributed by atoms with Crippen LogP contribution in [-0.2, 0) is 0 Å². The lowest BCUT2D eigenvalue weighted by Crippen LogP contribution is -2.33. The van der Waals surface area contributed by atoms with Crippen LogP contribution in [0.3, 0.4) is 0 Å². The van der Waals surface area contributed by atoms with E-state index in [9.17, 15) is 0 Å². The number of hydrogen-bond donors (Lipinski definition) is 0. The third-order valence-electron chi connectivity index (χ3n) is 5.10. The molecule has 2 fully saturated rings. The fourth-order valence-electron chi connectivity index (χ4n) is 3.53. The van der Waals surface area contributed by atoms with E-state index in [-0.39, 0.29) is 0 Å². The van der Waals surface area contributed by atoms with Gasteiger partial charge >= 0.3 is 0 Å². The highest BCUT2D eigenvalue weighted by Crippen LogP contribution is 2.68. The van der Waals surface area contributed by atoms with Crippen molar-refractivity contribution in [1.82, 2.24) is 0 Å². The molecule has 0 N–H and O–H groups in total. The van der Waals surface area contributed by atoms with Gasteiger partial charge in [0.05, 0.1) is 0 Å². The maximum absolute atomic E-state index is 2.54. The molecule has 2 aliphatic rings. The lowest BCUT2D eigenvalue weighted by atomic mass is 9.71. The molecule has 2 rings (SSSR count). The molecule has 0 amide bonds. The fourth-order valence-corrected chi connectivity index (χ4v) is 5.89. The molecule has 0 aliphatic heterocycles. The van der Waals surface area contributed by atoms with Crippen molar-refractivity contribution in [3.63, 3.8) is 0 Å². The van der Waals surface area contributed by atoms with Crippen molar-refractivity contribution < 1.29 is 0 Å². The van der Waals surface area contributed by atoms with E-state index in [4.69, 9.17) is 0 Å². The first kappa shape index (κ1) is 11.2. The largest absolute Gasteiger partial charge is 0.154 e. The molecule has 0 aromatic carbocycles. The monoisotopic (exact) mass is 230 g/mol. The van der Waals surface area contributed by atoms with Gasteiger partial charge in [0.2, 0.25) is 0 Å². The average Bonchev–Trinajstić information content (AvgIpc) is 2.46. The maximum atomic E-state index is 2.54. The lowest BCUT2D eigenvalue weighted by molar-refractivity contribution is 0.156. The smallest absolute Gasteiger partial charge is 0.0392 e. The Balaban J connectivity index is 2.11. The molecule has 0 aromatic heterocycles. The molecule has 3 atom stereocenters. The number of thioether (sulfide) groups is 2. The first-order valence-electron chi connectivity index (χ1n) is 5.63. The average molecular weight is 230 g/mol. The van der Waals surface area contributed by atoms with Gasteiger partial charge in [0.25, 0.3) is 0 Å². The quantitative estimate of drug-likeness (QED) is 0.665. The summed E-state index contributed by atoms with van der Waals surface area (Å²) in [5.74, 6) is 1.01. The Hall–Kier alpha value is 0.700. The minimum Gasteiger partial charge on any atom is -0.154 e. The first-order valence-corrected chi connectivity index (χ1v) is 8.07. The predicted octanol–water partition coefficient (Wildman–Crippen LogP) is 4.25.